The minimum absolute atomic E-state index is 0.151. The maximum absolute atomic E-state index is 5.84. The summed E-state index contributed by atoms with van der Waals surface area (Å²) in [4.78, 5) is 0. The van der Waals surface area contributed by atoms with E-state index in [0.29, 0.717) is 0 Å². The van der Waals surface area contributed by atoms with Gasteiger partial charge in [-0.05, 0) is 48.1 Å². The molecule has 3 N–H and O–H groups in total. The Morgan fingerprint density at radius 2 is 1.80 bits per heavy atom. The zero-order valence-corrected chi connectivity index (χ0v) is 11.8. The maximum Gasteiger partial charge on any atom is 0.0670 e. The molecule has 0 radical (unpaired) electrons. The van der Waals surface area contributed by atoms with Crippen LogP contribution >= 0.6 is 0 Å². The van der Waals surface area contributed by atoms with Gasteiger partial charge in [0.25, 0.3) is 0 Å². The molecular formula is C18H22N2. The van der Waals surface area contributed by atoms with Crippen LogP contribution in [-0.4, -0.2) is 0 Å². The van der Waals surface area contributed by atoms with E-state index in [1.807, 2.05) is 0 Å². The third-order valence-electron chi connectivity index (χ3n) is 4.22. The zero-order chi connectivity index (χ0) is 13.8. The van der Waals surface area contributed by atoms with E-state index in [9.17, 15) is 0 Å². The van der Waals surface area contributed by atoms with E-state index in [2.05, 4.69) is 54.0 Å². The van der Waals surface area contributed by atoms with Crippen LogP contribution in [-0.2, 0) is 0 Å². The second-order valence-electron chi connectivity index (χ2n) is 5.58. The lowest BCUT2D eigenvalue weighted by molar-refractivity contribution is 0.593. The molecule has 1 aliphatic rings. The Labute approximate surface area is 120 Å². The number of hydrazine groups is 1. The van der Waals surface area contributed by atoms with E-state index < -0.39 is 0 Å². The third-order valence-corrected chi connectivity index (χ3v) is 4.22. The topological polar surface area (TPSA) is 38.0 Å². The molecule has 1 atom stereocenters. The molecule has 0 amide bonds. The van der Waals surface area contributed by atoms with E-state index in [1.165, 1.54) is 47.6 Å². The summed E-state index contributed by atoms with van der Waals surface area (Å²) in [6, 6.07) is 15.3. The van der Waals surface area contributed by atoms with Crippen molar-refractivity contribution in [3.63, 3.8) is 0 Å². The quantitative estimate of drug-likeness (QED) is 0.495. The Morgan fingerprint density at radius 3 is 2.65 bits per heavy atom. The van der Waals surface area contributed by atoms with E-state index in [1.54, 1.807) is 0 Å². The van der Waals surface area contributed by atoms with Crippen LogP contribution in [0.3, 0.4) is 0 Å². The number of nitrogens with one attached hydrogen (secondary N) is 1. The van der Waals surface area contributed by atoms with Gasteiger partial charge in [-0.2, -0.15) is 0 Å². The molecule has 2 nitrogen and oxygen atoms in total. The van der Waals surface area contributed by atoms with Crippen LogP contribution in [0.4, 0.5) is 0 Å². The highest BCUT2D eigenvalue weighted by Gasteiger charge is 2.16. The van der Waals surface area contributed by atoms with Gasteiger partial charge in [0.05, 0.1) is 6.04 Å². The van der Waals surface area contributed by atoms with Gasteiger partial charge in [-0.25, -0.2) is 5.43 Å². The largest absolute Gasteiger partial charge is 0.271 e. The fraction of sp³-hybridized carbons (Fsp3) is 0.333. The Morgan fingerprint density at radius 1 is 0.950 bits per heavy atom. The van der Waals surface area contributed by atoms with Crippen molar-refractivity contribution in [2.75, 3.05) is 0 Å². The summed E-state index contributed by atoms with van der Waals surface area (Å²) in [6.07, 6.45) is 8.63. The van der Waals surface area contributed by atoms with Crippen LogP contribution in [0.1, 0.15) is 43.7 Å². The van der Waals surface area contributed by atoms with Crippen LogP contribution < -0.4 is 11.3 Å². The number of hydrogen-bond donors (Lipinski definition) is 2. The van der Waals surface area contributed by atoms with Gasteiger partial charge in [0, 0.05) is 0 Å². The molecule has 0 saturated carbocycles. The van der Waals surface area contributed by atoms with Gasteiger partial charge in [-0.15, -0.1) is 0 Å². The average Bonchev–Trinajstić information content (AvgIpc) is 2.77. The molecule has 0 spiro atoms. The molecular weight excluding hydrogens is 244 g/mol. The molecule has 0 saturated heterocycles. The van der Waals surface area contributed by atoms with Crippen molar-refractivity contribution in [1.82, 2.24) is 5.43 Å². The molecule has 0 aromatic heterocycles. The van der Waals surface area contributed by atoms with Crippen molar-refractivity contribution in [3.05, 3.63) is 59.7 Å². The molecule has 3 rings (SSSR count). The summed E-state index contributed by atoms with van der Waals surface area (Å²) >= 11 is 0. The van der Waals surface area contributed by atoms with Gasteiger partial charge in [-0.1, -0.05) is 54.5 Å². The summed E-state index contributed by atoms with van der Waals surface area (Å²) in [7, 11) is 0. The number of allylic oxidation sites excluding steroid dienone is 1. The number of benzene rings is 2. The molecule has 2 aromatic rings. The average molecular weight is 266 g/mol. The molecule has 0 bridgehead atoms. The molecule has 2 heteroatoms. The molecule has 1 aliphatic carbocycles. The molecule has 0 heterocycles. The fourth-order valence-corrected chi connectivity index (χ4v) is 3.11. The molecule has 0 fully saturated rings. The summed E-state index contributed by atoms with van der Waals surface area (Å²) in [5.74, 6) is 5.84. The predicted molar refractivity (Wildman–Crippen MR) is 85.2 cm³/mol. The van der Waals surface area contributed by atoms with E-state index in [0.717, 1.165) is 6.42 Å². The second kappa shape index (κ2) is 6.21. The molecule has 20 heavy (non-hydrogen) atoms. The lowest BCUT2D eigenvalue weighted by Gasteiger charge is -2.20. The lowest BCUT2D eigenvalue weighted by Crippen LogP contribution is -2.29. The highest BCUT2D eigenvalue weighted by molar-refractivity contribution is 5.83. The molecule has 0 aliphatic heterocycles. The van der Waals surface area contributed by atoms with Gasteiger partial charge < -0.3 is 0 Å². The fourth-order valence-electron chi connectivity index (χ4n) is 3.11. The minimum atomic E-state index is 0.151. The number of nitrogens with two attached hydrogens (primary N) is 1. The summed E-state index contributed by atoms with van der Waals surface area (Å²) in [6.45, 7) is 0. The first kappa shape index (κ1) is 13.3. The molecule has 1 unspecified atom stereocenters. The van der Waals surface area contributed by atoms with Crippen molar-refractivity contribution < 1.29 is 0 Å². The Kier molecular flexibility index (Phi) is 4.14. The molecule has 104 valence electrons. The van der Waals surface area contributed by atoms with Gasteiger partial charge in [0.1, 0.15) is 0 Å². The number of hydrogen-bond acceptors (Lipinski definition) is 2. The Bertz CT molecular complexity index is 616. The number of fused-ring (bicyclic) bond motifs is 1. The minimum Gasteiger partial charge on any atom is -0.271 e. The normalized spacial score (nSPS) is 17.6. The van der Waals surface area contributed by atoms with E-state index in [4.69, 9.17) is 5.84 Å². The SMILES string of the molecule is NNC(C1=CCCCCC1)c1ccc2ccccc2c1. The van der Waals surface area contributed by atoms with Crippen LogP contribution in [0.15, 0.2) is 54.1 Å². The van der Waals surface area contributed by atoms with Crippen molar-refractivity contribution >= 4 is 10.8 Å². The van der Waals surface area contributed by atoms with Crippen LogP contribution in [0, 0.1) is 0 Å². The highest BCUT2D eigenvalue weighted by Crippen LogP contribution is 2.30. The van der Waals surface area contributed by atoms with Crippen LogP contribution in [0.25, 0.3) is 10.8 Å². The van der Waals surface area contributed by atoms with Crippen molar-refractivity contribution in [2.45, 2.75) is 38.1 Å². The molecule has 2 aromatic carbocycles. The first-order valence-electron chi connectivity index (χ1n) is 7.52. The van der Waals surface area contributed by atoms with Gasteiger partial charge in [0.2, 0.25) is 0 Å². The summed E-state index contributed by atoms with van der Waals surface area (Å²) in [5, 5.41) is 2.56. The highest BCUT2D eigenvalue weighted by atomic mass is 15.2. The zero-order valence-electron chi connectivity index (χ0n) is 11.8. The van der Waals surface area contributed by atoms with E-state index >= 15 is 0 Å². The number of rotatable bonds is 3. The van der Waals surface area contributed by atoms with Gasteiger partial charge >= 0.3 is 0 Å². The van der Waals surface area contributed by atoms with Crippen LogP contribution in [0.2, 0.25) is 0 Å². The third kappa shape index (κ3) is 2.77. The Hall–Kier alpha value is -1.64. The smallest absolute Gasteiger partial charge is 0.0670 e. The predicted octanol–water partition coefficient (Wildman–Crippen LogP) is 4.23. The summed E-state index contributed by atoms with van der Waals surface area (Å²) < 4.78 is 0. The first-order chi connectivity index (χ1) is 9.88. The van der Waals surface area contributed by atoms with Crippen molar-refractivity contribution in [1.29, 1.82) is 0 Å². The van der Waals surface area contributed by atoms with Crippen molar-refractivity contribution in [2.24, 2.45) is 5.84 Å². The van der Waals surface area contributed by atoms with Crippen molar-refractivity contribution in [3.8, 4) is 0 Å². The maximum atomic E-state index is 5.84. The monoisotopic (exact) mass is 266 g/mol. The lowest BCUT2D eigenvalue weighted by atomic mass is 9.94. The summed E-state index contributed by atoms with van der Waals surface area (Å²) in [5.41, 5.74) is 5.72. The Balaban J connectivity index is 1.95. The standard InChI is InChI=1S/C18H22N2/c19-20-18(15-8-3-1-2-4-9-15)17-12-11-14-7-5-6-10-16(14)13-17/h5-8,10-13,18,20H,1-4,9,19H2. The van der Waals surface area contributed by atoms with Gasteiger partial charge in [0.15, 0.2) is 0 Å². The van der Waals surface area contributed by atoms with Gasteiger partial charge in [-0.3, -0.25) is 5.84 Å². The first-order valence-corrected chi connectivity index (χ1v) is 7.52. The second-order valence-corrected chi connectivity index (χ2v) is 5.58. The van der Waals surface area contributed by atoms with Crippen LogP contribution in [0.5, 0.6) is 0 Å². The van der Waals surface area contributed by atoms with E-state index in [-0.39, 0.29) is 6.04 Å².